The molecule has 7 nitrogen and oxygen atoms in total. The van der Waals surface area contributed by atoms with Crippen LogP contribution in [0.4, 0.5) is 11.6 Å². The standard InChI is InChI=1S/C18H21N5O.C6H13N/c1-13-10-21-16(20)9-14(13)15-3-2-4-17(23-15)22-12-18(11-19)5-7-24-8-6-18;7-6-4-2-1-3-5-6/h2-4,9-10H,5-8,12H2,1H3,(H2,20,21)(H,22,23);6H,1-5,7H2. The summed E-state index contributed by atoms with van der Waals surface area (Å²) in [6.07, 6.45) is 9.90. The molecule has 3 heterocycles. The van der Waals surface area contributed by atoms with Crippen LogP contribution in [0.15, 0.2) is 30.5 Å². The van der Waals surface area contributed by atoms with E-state index >= 15 is 0 Å². The minimum absolute atomic E-state index is 0.382. The molecule has 0 spiro atoms. The van der Waals surface area contributed by atoms with Gasteiger partial charge in [-0.2, -0.15) is 5.26 Å². The second-order valence-corrected chi connectivity index (χ2v) is 8.59. The van der Waals surface area contributed by atoms with Gasteiger partial charge in [0.2, 0.25) is 0 Å². The Hall–Kier alpha value is -2.69. The fourth-order valence-electron chi connectivity index (χ4n) is 3.98. The normalized spacial score (nSPS) is 18.4. The molecule has 2 aromatic heterocycles. The molecule has 1 aliphatic carbocycles. The zero-order valence-electron chi connectivity index (χ0n) is 18.4. The third-order valence-electron chi connectivity index (χ3n) is 6.09. The average Bonchev–Trinajstić information content (AvgIpc) is 2.81. The van der Waals surface area contributed by atoms with Gasteiger partial charge in [0.05, 0.1) is 17.2 Å². The number of nitrogens with zero attached hydrogens (tertiary/aromatic N) is 3. The van der Waals surface area contributed by atoms with Gasteiger partial charge in [0.1, 0.15) is 11.6 Å². The van der Waals surface area contributed by atoms with E-state index in [1.807, 2.05) is 31.2 Å². The van der Waals surface area contributed by atoms with Crippen molar-refractivity contribution in [1.82, 2.24) is 9.97 Å². The summed E-state index contributed by atoms with van der Waals surface area (Å²) in [6.45, 7) is 3.83. The first-order chi connectivity index (χ1) is 15.0. The fraction of sp³-hybridized carbons (Fsp3) is 0.542. The molecule has 1 saturated carbocycles. The third-order valence-corrected chi connectivity index (χ3v) is 6.09. The molecule has 31 heavy (non-hydrogen) atoms. The van der Waals surface area contributed by atoms with Crippen LogP contribution in [0.1, 0.15) is 50.5 Å². The number of nitriles is 1. The number of hydrogen-bond acceptors (Lipinski definition) is 7. The van der Waals surface area contributed by atoms with Crippen LogP contribution in [0.5, 0.6) is 0 Å². The van der Waals surface area contributed by atoms with Crippen molar-refractivity contribution in [1.29, 1.82) is 5.26 Å². The molecule has 2 aliphatic rings. The van der Waals surface area contributed by atoms with Gasteiger partial charge in [0.25, 0.3) is 0 Å². The van der Waals surface area contributed by atoms with E-state index in [0.29, 0.717) is 31.6 Å². The van der Waals surface area contributed by atoms with Gasteiger partial charge in [-0.05, 0) is 56.4 Å². The number of hydrogen-bond donors (Lipinski definition) is 3. The number of aryl methyl sites for hydroxylation is 1. The number of anilines is 2. The quantitative estimate of drug-likeness (QED) is 0.679. The minimum atomic E-state index is -0.382. The lowest BCUT2D eigenvalue weighted by Crippen LogP contribution is -2.34. The van der Waals surface area contributed by atoms with Gasteiger partial charge in [-0.15, -0.1) is 0 Å². The van der Waals surface area contributed by atoms with Crippen molar-refractivity contribution in [2.75, 3.05) is 30.8 Å². The summed E-state index contributed by atoms with van der Waals surface area (Å²) in [5, 5.41) is 12.8. The molecule has 1 aliphatic heterocycles. The number of nitrogen functional groups attached to an aromatic ring is 1. The number of nitrogens with two attached hydrogens (primary N) is 2. The van der Waals surface area contributed by atoms with Crippen LogP contribution in [0.25, 0.3) is 11.3 Å². The van der Waals surface area contributed by atoms with Gasteiger partial charge >= 0.3 is 0 Å². The van der Waals surface area contributed by atoms with Gasteiger partial charge < -0.3 is 21.5 Å². The maximum Gasteiger partial charge on any atom is 0.126 e. The first-order valence-electron chi connectivity index (χ1n) is 11.2. The lowest BCUT2D eigenvalue weighted by atomic mass is 9.82. The van der Waals surface area contributed by atoms with Crippen LogP contribution in [0, 0.1) is 23.7 Å². The van der Waals surface area contributed by atoms with Crippen LogP contribution < -0.4 is 16.8 Å². The van der Waals surface area contributed by atoms with Crippen molar-refractivity contribution in [3.05, 3.63) is 36.0 Å². The van der Waals surface area contributed by atoms with Crippen molar-refractivity contribution >= 4 is 11.6 Å². The first kappa shape index (κ1) is 23.0. The molecule has 0 unspecified atom stereocenters. The highest BCUT2D eigenvalue weighted by Crippen LogP contribution is 2.30. The van der Waals surface area contributed by atoms with Crippen LogP contribution in [-0.4, -0.2) is 35.8 Å². The molecule has 0 aromatic carbocycles. The Kier molecular flexibility index (Phi) is 8.21. The van der Waals surface area contributed by atoms with E-state index in [-0.39, 0.29) is 5.41 Å². The maximum absolute atomic E-state index is 9.53. The summed E-state index contributed by atoms with van der Waals surface area (Å²) in [4.78, 5) is 8.75. The molecular weight excluding hydrogens is 388 g/mol. The van der Waals surface area contributed by atoms with Gasteiger partial charge in [-0.25, -0.2) is 9.97 Å². The Labute approximate surface area is 185 Å². The van der Waals surface area contributed by atoms with E-state index in [0.717, 1.165) is 35.5 Å². The Balaban J connectivity index is 0.000000330. The highest BCUT2D eigenvalue weighted by molar-refractivity contribution is 5.67. The first-order valence-corrected chi connectivity index (χ1v) is 11.2. The molecule has 2 aromatic rings. The summed E-state index contributed by atoms with van der Waals surface area (Å²) in [5.41, 5.74) is 13.9. The minimum Gasteiger partial charge on any atom is -0.384 e. The van der Waals surface area contributed by atoms with Crippen LogP contribution >= 0.6 is 0 Å². The summed E-state index contributed by atoms with van der Waals surface area (Å²) in [5.74, 6) is 1.23. The smallest absolute Gasteiger partial charge is 0.126 e. The lowest BCUT2D eigenvalue weighted by molar-refractivity contribution is 0.0455. The number of aromatic nitrogens is 2. The van der Waals surface area contributed by atoms with Crippen molar-refractivity contribution in [3.63, 3.8) is 0 Å². The third kappa shape index (κ3) is 6.65. The van der Waals surface area contributed by atoms with E-state index in [1.54, 1.807) is 6.20 Å². The molecule has 1 saturated heterocycles. The SMILES string of the molecule is Cc1cnc(N)cc1-c1cccc(NCC2(C#N)CCOCC2)n1.NC1CCCCC1. The summed E-state index contributed by atoms with van der Waals surface area (Å²) >= 11 is 0. The van der Waals surface area contributed by atoms with Gasteiger partial charge in [0, 0.05) is 37.6 Å². The summed E-state index contributed by atoms with van der Waals surface area (Å²) in [6, 6.07) is 10.6. The molecule has 0 amide bonds. The highest BCUT2D eigenvalue weighted by Gasteiger charge is 2.32. The zero-order chi connectivity index (χ0) is 22.1. The van der Waals surface area contributed by atoms with E-state index < -0.39 is 0 Å². The van der Waals surface area contributed by atoms with Gasteiger partial charge in [-0.1, -0.05) is 25.3 Å². The molecule has 0 atom stereocenters. The van der Waals surface area contributed by atoms with Crippen LogP contribution in [0.3, 0.4) is 0 Å². The van der Waals surface area contributed by atoms with E-state index in [1.165, 1.54) is 32.1 Å². The predicted octanol–water partition coefficient (Wildman–Crippen LogP) is 4.04. The van der Waals surface area contributed by atoms with Crippen LogP contribution in [0.2, 0.25) is 0 Å². The topological polar surface area (TPSA) is 123 Å². The predicted molar refractivity (Wildman–Crippen MR) is 124 cm³/mol. The average molecular weight is 423 g/mol. The Morgan fingerprint density at radius 1 is 1.23 bits per heavy atom. The molecule has 2 fully saturated rings. The van der Waals surface area contributed by atoms with Crippen molar-refractivity contribution in [3.8, 4) is 17.3 Å². The van der Waals surface area contributed by atoms with Crippen molar-refractivity contribution < 1.29 is 4.74 Å². The number of nitrogens with one attached hydrogen (secondary N) is 1. The van der Waals surface area contributed by atoms with Crippen LogP contribution in [-0.2, 0) is 4.74 Å². The Morgan fingerprint density at radius 3 is 2.61 bits per heavy atom. The molecule has 166 valence electrons. The van der Waals surface area contributed by atoms with E-state index in [4.69, 9.17) is 16.2 Å². The van der Waals surface area contributed by atoms with E-state index in [2.05, 4.69) is 21.4 Å². The summed E-state index contributed by atoms with van der Waals surface area (Å²) in [7, 11) is 0. The largest absolute Gasteiger partial charge is 0.384 e. The number of ether oxygens (including phenoxy) is 1. The fourth-order valence-corrected chi connectivity index (χ4v) is 3.98. The second-order valence-electron chi connectivity index (χ2n) is 8.59. The van der Waals surface area contributed by atoms with Gasteiger partial charge in [0.15, 0.2) is 0 Å². The second kappa shape index (κ2) is 11.1. The maximum atomic E-state index is 9.53. The summed E-state index contributed by atoms with van der Waals surface area (Å²) < 4.78 is 5.37. The Bertz CT molecular complexity index is 882. The molecular formula is C24H34N6O. The van der Waals surface area contributed by atoms with E-state index in [9.17, 15) is 5.26 Å². The lowest BCUT2D eigenvalue weighted by Gasteiger charge is -2.30. The zero-order valence-corrected chi connectivity index (χ0v) is 18.4. The molecule has 0 radical (unpaired) electrons. The van der Waals surface area contributed by atoms with Crippen molar-refractivity contribution in [2.24, 2.45) is 11.1 Å². The molecule has 7 heteroatoms. The monoisotopic (exact) mass is 422 g/mol. The number of pyridine rings is 2. The molecule has 5 N–H and O–H groups in total. The highest BCUT2D eigenvalue weighted by atomic mass is 16.5. The molecule has 0 bridgehead atoms. The molecule has 4 rings (SSSR count). The van der Waals surface area contributed by atoms with Gasteiger partial charge in [-0.3, -0.25) is 0 Å². The Morgan fingerprint density at radius 2 is 1.97 bits per heavy atom. The van der Waals surface area contributed by atoms with Crippen molar-refractivity contribution in [2.45, 2.75) is 57.9 Å². The number of rotatable bonds is 4.